The summed E-state index contributed by atoms with van der Waals surface area (Å²) in [7, 11) is 0. The summed E-state index contributed by atoms with van der Waals surface area (Å²) in [5.74, 6) is -0.474. The fourth-order valence-electron chi connectivity index (χ4n) is 2.72. The van der Waals surface area contributed by atoms with Crippen molar-refractivity contribution in [2.24, 2.45) is 0 Å². The molecule has 0 amide bonds. The molecule has 0 aliphatic heterocycles. The van der Waals surface area contributed by atoms with Gasteiger partial charge in [0.25, 0.3) is 0 Å². The number of hydrogen-bond donors (Lipinski definition) is 0. The molecule has 0 saturated carbocycles. The van der Waals surface area contributed by atoms with Gasteiger partial charge in [0, 0.05) is 28.0 Å². The maximum absolute atomic E-state index is 14.3. The molecule has 4 nitrogen and oxygen atoms in total. The van der Waals surface area contributed by atoms with Crippen LogP contribution in [-0.2, 0) is 15.9 Å². The van der Waals surface area contributed by atoms with Crippen molar-refractivity contribution in [2.45, 2.75) is 6.42 Å². The highest BCUT2D eigenvalue weighted by atomic mass is 79.9. The minimum absolute atomic E-state index is 0.0688. The molecule has 0 atom stereocenters. The lowest BCUT2D eigenvalue weighted by Gasteiger charge is -2.11. The van der Waals surface area contributed by atoms with Gasteiger partial charge < -0.3 is 9.47 Å². The third-order valence-electron chi connectivity index (χ3n) is 4.01. The van der Waals surface area contributed by atoms with Crippen LogP contribution < -0.4 is 0 Å². The van der Waals surface area contributed by atoms with Crippen molar-refractivity contribution < 1.29 is 18.7 Å². The fourth-order valence-corrected chi connectivity index (χ4v) is 3.84. The maximum Gasteiger partial charge on any atom is 0.188 e. The minimum Gasteiger partial charge on any atom is -0.499 e. The monoisotopic (exact) mass is 449 g/mol. The van der Waals surface area contributed by atoms with E-state index in [4.69, 9.17) is 9.47 Å². The molecular formula is C20H17BrFNO3S. The first-order valence-electron chi connectivity index (χ1n) is 8.24. The number of halogens is 2. The van der Waals surface area contributed by atoms with Crippen LogP contribution in [0.1, 0.15) is 21.5 Å². The number of carbonyl (C=O) groups is 1. The highest BCUT2D eigenvalue weighted by Gasteiger charge is 2.18. The molecule has 1 aromatic heterocycles. The SMILES string of the molecule is C=COCCOCC(=O)c1ccc2cnsc2c1Cc1ccc(Br)cc1F. The lowest BCUT2D eigenvalue weighted by molar-refractivity contribution is 0.0638. The van der Waals surface area contributed by atoms with E-state index in [0.29, 0.717) is 28.6 Å². The number of fused-ring (bicyclic) bond motifs is 1. The lowest BCUT2D eigenvalue weighted by Crippen LogP contribution is -2.14. The maximum atomic E-state index is 14.3. The molecule has 0 N–H and O–H groups in total. The van der Waals surface area contributed by atoms with E-state index >= 15 is 0 Å². The number of Topliss-reactive ketones (excluding diaryl/α,β-unsaturated/α-hetero) is 1. The summed E-state index contributed by atoms with van der Waals surface area (Å²) in [5.41, 5.74) is 1.82. The predicted molar refractivity (Wildman–Crippen MR) is 108 cm³/mol. The molecule has 2 aromatic carbocycles. The summed E-state index contributed by atoms with van der Waals surface area (Å²) < 4.78 is 30.5. The van der Waals surface area contributed by atoms with Gasteiger partial charge in [-0.25, -0.2) is 4.39 Å². The average molecular weight is 450 g/mol. The van der Waals surface area contributed by atoms with E-state index < -0.39 is 0 Å². The number of nitrogens with zero attached hydrogens (tertiary/aromatic N) is 1. The van der Waals surface area contributed by atoms with Crippen LogP contribution in [0.25, 0.3) is 10.1 Å². The van der Waals surface area contributed by atoms with E-state index in [9.17, 15) is 9.18 Å². The van der Waals surface area contributed by atoms with Crippen molar-refractivity contribution in [3.05, 3.63) is 76.3 Å². The van der Waals surface area contributed by atoms with Crippen LogP contribution in [-0.4, -0.2) is 30.0 Å². The van der Waals surface area contributed by atoms with Crippen molar-refractivity contribution in [2.75, 3.05) is 19.8 Å². The van der Waals surface area contributed by atoms with Crippen molar-refractivity contribution in [3.8, 4) is 0 Å². The van der Waals surface area contributed by atoms with Crippen LogP contribution in [0.5, 0.6) is 0 Å². The Kier molecular flexibility index (Phi) is 6.71. The van der Waals surface area contributed by atoms with Gasteiger partial charge in [0.2, 0.25) is 0 Å². The Labute approximate surface area is 168 Å². The Morgan fingerprint density at radius 2 is 2.15 bits per heavy atom. The number of ketones is 1. The van der Waals surface area contributed by atoms with E-state index in [1.165, 1.54) is 23.9 Å². The molecule has 0 unspecified atom stereocenters. The van der Waals surface area contributed by atoms with Gasteiger partial charge >= 0.3 is 0 Å². The number of ether oxygens (including phenoxy) is 2. The molecule has 0 aliphatic carbocycles. The Hall–Kier alpha value is -2.09. The summed E-state index contributed by atoms with van der Waals surface area (Å²) in [6.45, 7) is 4.00. The Morgan fingerprint density at radius 3 is 2.93 bits per heavy atom. The number of rotatable bonds is 9. The normalized spacial score (nSPS) is 10.9. The van der Waals surface area contributed by atoms with Gasteiger partial charge in [-0.1, -0.05) is 40.7 Å². The van der Waals surface area contributed by atoms with E-state index in [1.54, 1.807) is 24.4 Å². The second-order valence-electron chi connectivity index (χ2n) is 5.76. The largest absolute Gasteiger partial charge is 0.499 e. The summed E-state index contributed by atoms with van der Waals surface area (Å²) in [4.78, 5) is 12.7. The second kappa shape index (κ2) is 9.21. The van der Waals surface area contributed by atoms with Gasteiger partial charge in [-0.2, -0.15) is 4.37 Å². The van der Waals surface area contributed by atoms with E-state index in [0.717, 1.165) is 15.6 Å². The van der Waals surface area contributed by atoms with Crippen LogP contribution >= 0.6 is 27.5 Å². The summed E-state index contributed by atoms with van der Waals surface area (Å²) in [6, 6.07) is 8.54. The molecule has 0 spiro atoms. The third-order valence-corrected chi connectivity index (χ3v) is 5.37. The predicted octanol–water partition coefficient (Wildman–Crippen LogP) is 5.15. The molecule has 140 valence electrons. The summed E-state index contributed by atoms with van der Waals surface area (Å²) in [5, 5.41) is 0.935. The Balaban J connectivity index is 1.87. The Bertz CT molecular complexity index is 973. The number of aromatic nitrogens is 1. The van der Waals surface area contributed by atoms with E-state index in [-0.39, 0.29) is 24.8 Å². The molecule has 7 heteroatoms. The zero-order valence-electron chi connectivity index (χ0n) is 14.4. The fraction of sp³-hybridized carbons (Fsp3) is 0.200. The molecule has 0 aliphatic rings. The van der Waals surface area contributed by atoms with Crippen molar-refractivity contribution in [1.82, 2.24) is 4.37 Å². The van der Waals surface area contributed by atoms with Crippen molar-refractivity contribution in [3.63, 3.8) is 0 Å². The first-order chi connectivity index (χ1) is 13.1. The molecule has 1 heterocycles. The van der Waals surface area contributed by atoms with Gasteiger partial charge in [-0.15, -0.1) is 0 Å². The average Bonchev–Trinajstić information content (AvgIpc) is 3.13. The van der Waals surface area contributed by atoms with Crippen LogP contribution in [0.3, 0.4) is 0 Å². The van der Waals surface area contributed by atoms with E-state index in [2.05, 4.69) is 26.9 Å². The van der Waals surface area contributed by atoms with Crippen LogP contribution in [0.15, 0.2) is 53.8 Å². The lowest BCUT2D eigenvalue weighted by atomic mass is 9.96. The molecule has 27 heavy (non-hydrogen) atoms. The molecule has 0 radical (unpaired) electrons. The minimum atomic E-state index is -0.317. The zero-order valence-corrected chi connectivity index (χ0v) is 16.8. The highest BCUT2D eigenvalue weighted by molar-refractivity contribution is 9.10. The topological polar surface area (TPSA) is 48.4 Å². The number of carbonyl (C=O) groups excluding carboxylic acids is 1. The molecule has 3 aromatic rings. The smallest absolute Gasteiger partial charge is 0.188 e. The molecular weight excluding hydrogens is 433 g/mol. The molecule has 0 bridgehead atoms. The second-order valence-corrected chi connectivity index (χ2v) is 7.48. The molecule has 3 rings (SSSR count). The standard InChI is InChI=1S/C20H17BrFNO3S/c1-2-25-7-8-26-12-19(24)16-6-4-14-11-23-27-20(14)17(16)9-13-3-5-15(21)10-18(13)22/h2-6,10-11H,1,7-9,12H2. The molecule has 0 fully saturated rings. The first kappa shape index (κ1) is 19.7. The van der Waals surface area contributed by atoms with Gasteiger partial charge in [-0.05, 0) is 34.8 Å². The molecule has 0 saturated heterocycles. The van der Waals surface area contributed by atoms with Crippen molar-refractivity contribution in [1.29, 1.82) is 0 Å². The third kappa shape index (κ3) is 4.80. The number of benzene rings is 2. The number of hydrogen-bond acceptors (Lipinski definition) is 5. The van der Waals surface area contributed by atoms with Crippen LogP contribution in [0, 0.1) is 5.82 Å². The summed E-state index contributed by atoms with van der Waals surface area (Å²) in [6.07, 6.45) is 3.38. The quantitative estimate of drug-likeness (QED) is 0.257. The van der Waals surface area contributed by atoms with Gasteiger partial charge in [-0.3, -0.25) is 4.79 Å². The van der Waals surface area contributed by atoms with Gasteiger partial charge in [0.1, 0.15) is 19.0 Å². The highest BCUT2D eigenvalue weighted by Crippen LogP contribution is 2.29. The van der Waals surface area contributed by atoms with Crippen molar-refractivity contribution >= 4 is 43.3 Å². The zero-order chi connectivity index (χ0) is 19.2. The van der Waals surface area contributed by atoms with Gasteiger partial charge in [0.05, 0.1) is 17.6 Å². The summed E-state index contributed by atoms with van der Waals surface area (Å²) >= 11 is 4.57. The Morgan fingerprint density at radius 1 is 1.30 bits per heavy atom. The van der Waals surface area contributed by atoms with Crippen LogP contribution in [0.2, 0.25) is 0 Å². The first-order valence-corrected chi connectivity index (χ1v) is 9.80. The van der Waals surface area contributed by atoms with Gasteiger partial charge in [0.15, 0.2) is 5.78 Å². The van der Waals surface area contributed by atoms with E-state index in [1.807, 2.05) is 6.07 Å². The van der Waals surface area contributed by atoms with Crippen LogP contribution in [0.4, 0.5) is 4.39 Å².